The summed E-state index contributed by atoms with van der Waals surface area (Å²) >= 11 is 0. The summed E-state index contributed by atoms with van der Waals surface area (Å²) in [4.78, 5) is 13.8. The number of alkyl halides is 2. The Bertz CT molecular complexity index is 379. The average molecular weight is 204 g/mol. The van der Waals surface area contributed by atoms with Gasteiger partial charge in [-0.3, -0.25) is 4.79 Å². The first-order valence-electron chi connectivity index (χ1n) is 3.68. The smallest absolute Gasteiger partial charge is 0.280 e. The van der Waals surface area contributed by atoms with E-state index in [9.17, 15) is 18.0 Å². The number of rotatable bonds is 2. The van der Waals surface area contributed by atoms with E-state index in [4.69, 9.17) is 5.73 Å². The number of hydrogen-bond donors (Lipinski definition) is 1. The minimum atomic E-state index is -2.85. The van der Waals surface area contributed by atoms with Gasteiger partial charge in [-0.1, -0.05) is 0 Å². The number of nitrogens with two attached hydrogens (primary N) is 1. The molecule has 0 unspecified atom stereocenters. The van der Waals surface area contributed by atoms with E-state index >= 15 is 0 Å². The van der Waals surface area contributed by atoms with Crippen molar-refractivity contribution in [1.29, 1.82) is 0 Å². The normalized spacial score (nSPS) is 10.6. The van der Waals surface area contributed by atoms with Crippen molar-refractivity contribution < 1.29 is 18.0 Å². The molecule has 0 radical (unpaired) electrons. The van der Waals surface area contributed by atoms with Gasteiger partial charge in [-0.05, 0) is 18.6 Å². The second-order valence-electron chi connectivity index (χ2n) is 2.69. The van der Waals surface area contributed by atoms with E-state index in [0.29, 0.717) is 0 Å². The Morgan fingerprint density at radius 2 is 2.14 bits per heavy atom. The molecule has 0 aliphatic carbocycles. The molecule has 3 nitrogen and oxygen atoms in total. The molecule has 0 spiro atoms. The highest BCUT2D eigenvalue weighted by Crippen LogP contribution is 2.21. The summed E-state index contributed by atoms with van der Waals surface area (Å²) in [5.41, 5.74) is 3.35. The largest absolute Gasteiger partial charge is 0.364 e. The van der Waals surface area contributed by atoms with E-state index in [1.165, 1.54) is 6.92 Å². The van der Waals surface area contributed by atoms with Crippen LogP contribution in [-0.2, 0) is 0 Å². The Morgan fingerprint density at radius 3 is 2.57 bits per heavy atom. The number of aromatic nitrogens is 1. The lowest BCUT2D eigenvalue weighted by Crippen LogP contribution is -2.17. The summed E-state index contributed by atoms with van der Waals surface area (Å²) in [6, 6.07) is 0.814. The maximum Gasteiger partial charge on any atom is 0.280 e. The Hall–Kier alpha value is -1.59. The van der Waals surface area contributed by atoms with E-state index in [0.717, 1.165) is 6.07 Å². The molecule has 1 amide bonds. The standard InChI is InChI=1S/C8H7F3N2O/c1-3-2-4(9)6(8(12)14)13-5(3)7(10)11/h2,7H,1H3,(H2,12,14). The number of carbonyl (C=O) groups excluding carboxylic acids is 1. The van der Waals surface area contributed by atoms with Crippen molar-refractivity contribution in [2.45, 2.75) is 13.3 Å². The van der Waals surface area contributed by atoms with Gasteiger partial charge in [0.2, 0.25) is 0 Å². The lowest BCUT2D eigenvalue weighted by molar-refractivity contribution is 0.0988. The molecule has 1 aromatic heterocycles. The number of nitrogens with zero attached hydrogens (tertiary/aromatic N) is 1. The Labute approximate surface area is 77.7 Å². The number of hydrogen-bond acceptors (Lipinski definition) is 2. The van der Waals surface area contributed by atoms with Gasteiger partial charge < -0.3 is 5.73 Å². The fraction of sp³-hybridized carbons (Fsp3) is 0.250. The zero-order chi connectivity index (χ0) is 10.9. The summed E-state index contributed by atoms with van der Waals surface area (Å²) in [6.07, 6.45) is -2.85. The van der Waals surface area contributed by atoms with E-state index in [1.54, 1.807) is 0 Å². The van der Waals surface area contributed by atoms with Crippen molar-refractivity contribution in [2.75, 3.05) is 0 Å². The average Bonchev–Trinajstić information content (AvgIpc) is 2.02. The number of carbonyl (C=O) groups is 1. The number of primary amides is 1. The monoisotopic (exact) mass is 204 g/mol. The first-order valence-corrected chi connectivity index (χ1v) is 3.68. The predicted octanol–water partition coefficient (Wildman–Crippen LogP) is 1.57. The highest BCUT2D eigenvalue weighted by Gasteiger charge is 2.18. The van der Waals surface area contributed by atoms with Gasteiger partial charge in [0.25, 0.3) is 12.3 Å². The molecule has 76 valence electrons. The van der Waals surface area contributed by atoms with E-state index in [-0.39, 0.29) is 5.56 Å². The zero-order valence-corrected chi connectivity index (χ0v) is 7.22. The van der Waals surface area contributed by atoms with Gasteiger partial charge in [0.05, 0.1) is 0 Å². The van der Waals surface area contributed by atoms with Crippen LogP contribution in [0.15, 0.2) is 6.07 Å². The van der Waals surface area contributed by atoms with Crippen LogP contribution in [0, 0.1) is 12.7 Å². The van der Waals surface area contributed by atoms with E-state index < -0.39 is 29.5 Å². The quantitative estimate of drug-likeness (QED) is 0.794. The van der Waals surface area contributed by atoms with Crippen LogP contribution in [0.3, 0.4) is 0 Å². The van der Waals surface area contributed by atoms with Gasteiger partial charge in [-0.2, -0.15) is 0 Å². The van der Waals surface area contributed by atoms with Crippen LogP contribution < -0.4 is 5.73 Å². The first-order chi connectivity index (χ1) is 6.43. The van der Waals surface area contributed by atoms with Crippen LogP contribution >= 0.6 is 0 Å². The van der Waals surface area contributed by atoms with Gasteiger partial charge >= 0.3 is 0 Å². The Kier molecular flexibility index (Phi) is 2.73. The molecule has 0 aromatic carbocycles. The molecular weight excluding hydrogens is 197 g/mol. The van der Waals surface area contributed by atoms with Gasteiger partial charge in [-0.25, -0.2) is 18.2 Å². The molecule has 0 aliphatic rings. The van der Waals surface area contributed by atoms with Crippen molar-refractivity contribution in [2.24, 2.45) is 5.73 Å². The highest BCUT2D eigenvalue weighted by atomic mass is 19.3. The third kappa shape index (κ3) is 1.84. The van der Waals surface area contributed by atoms with Gasteiger partial charge in [0, 0.05) is 0 Å². The summed E-state index contributed by atoms with van der Waals surface area (Å²) in [5.74, 6) is -2.15. The highest BCUT2D eigenvalue weighted by molar-refractivity contribution is 5.91. The molecule has 0 fully saturated rings. The van der Waals surface area contributed by atoms with Crippen LogP contribution in [0.4, 0.5) is 13.2 Å². The third-order valence-electron chi connectivity index (χ3n) is 1.65. The molecule has 1 heterocycles. The molecule has 14 heavy (non-hydrogen) atoms. The molecule has 0 saturated heterocycles. The van der Waals surface area contributed by atoms with Crippen molar-refractivity contribution in [3.8, 4) is 0 Å². The molecule has 0 atom stereocenters. The predicted molar refractivity (Wildman–Crippen MR) is 42.4 cm³/mol. The van der Waals surface area contributed by atoms with Crippen molar-refractivity contribution in [1.82, 2.24) is 4.98 Å². The third-order valence-corrected chi connectivity index (χ3v) is 1.65. The van der Waals surface area contributed by atoms with Crippen molar-refractivity contribution in [3.05, 3.63) is 28.8 Å². The number of aryl methyl sites for hydroxylation is 1. The number of pyridine rings is 1. The second-order valence-corrected chi connectivity index (χ2v) is 2.69. The molecule has 1 aromatic rings. The van der Waals surface area contributed by atoms with Gasteiger partial charge in [-0.15, -0.1) is 0 Å². The van der Waals surface area contributed by atoms with Crippen LogP contribution in [-0.4, -0.2) is 10.9 Å². The summed E-state index contributed by atoms with van der Waals surface area (Å²) in [7, 11) is 0. The molecule has 0 bridgehead atoms. The lowest BCUT2D eigenvalue weighted by atomic mass is 10.2. The van der Waals surface area contributed by atoms with Crippen molar-refractivity contribution >= 4 is 5.91 Å². The van der Waals surface area contributed by atoms with Gasteiger partial charge in [0.15, 0.2) is 11.5 Å². The zero-order valence-electron chi connectivity index (χ0n) is 7.22. The Morgan fingerprint density at radius 1 is 1.57 bits per heavy atom. The second kappa shape index (κ2) is 3.65. The minimum absolute atomic E-state index is 0.0116. The first kappa shape index (κ1) is 10.5. The van der Waals surface area contributed by atoms with Crippen LogP contribution in [0.25, 0.3) is 0 Å². The Balaban J connectivity index is 3.34. The number of amides is 1. The molecule has 0 saturated carbocycles. The van der Waals surface area contributed by atoms with Crippen LogP contribution in [0.5, 0.6) is 0 Å². The van der Waals surface area contributed by atoms with Gasteiger partial charge in [0.1, 0.15) is 5.69 Å². The van der Waals surface area contributed by atoms with Crippen molar-refractivity contribution in [3.63, 3.8) is 0 Å². The molecule has 2 N–H and O–H groups in total. The fourth-order valence-corrected chi connectivity index (χ4v) is 0.988. The lowest BCUT2D eigenvalue weighted by Gasteiger charge is -2.05. The maximum atomic E-state index is 12.9. The summed E-state index contributed by atoms with van der Waals surface area (Å²) in [5, 5.41) is 0. The summed E-state index contributed by atoms with van der Waals surface area (Å²) < 4.78 is 37.5. The summed E-state index contributed by atoms with van der Waals surface area (Å²) in [6.45, 7) is 1.28. The molecule has 0 aliphatic heterocycles. The fourth-order valence-electron chi connectivity index (χ4n) is 0.988. The van der Waals surface area contributed by atoms with Crippen LogP contribution in [0.1, 0.15) is 28.2 Å². The molecule has 1 rings (SSSR count). The maximum absolute atomic E-state index is 12.9. The van der Waals surface area contributed by atoms with E-state index in [2.05, 4.69) is 4.98 Å². The molecular formula is C8H7F3N2O. The SMILES string of the molecule is Cc1cc(F)c(C(N)=O)nc1C(F)F. The topological polar surface area (TPSA) is 56.0 Å². The minimum Gasteiger partial charge on any atom is -0.364 e. The van der Waals surface area contributed by atoms with E-state index in [1.807, 2.05) is 0 Å². The number of halogens is 3. The molecule has 6 heteroatoms. The van der Waals surface area contributed by atoms with Crippen LogP contribution in [0.2, 0.25) is 0 Å².